The summed E-state index contributed by atoms with van der Waals surface area (Å²) in [4.78, 5) is 0. The van der Waals surface area contributed by atoms with Gasteiger partial charge in [-0.15, -0.1) is 0 Å². The molecule has 0 saturated carbocycles. The Kier molecular flexibility index (Phi) is 1.42. The molecule has 1 nitrogen and oxygen atoms in total. The second kappa shape index (κ2) is 2.61. The molecule has 0 fully saturated rings. The van der Waals surface area contributed by atoms with E-state index in [-0.39, 0.29) is 0 Å². The average Bonchev–Trinajstić information content (AvgIpc) is 2.56. The summed E-state index contributed by atoms with van der Waals surface area (Å²) in [5.74, 6) is 0.348. The average molecular weight is 188 g/mol. The molecule has 2 aromatic carbocycles. The predicted octanol–water partition coefficient (Wildman–Crippen LogP) is 2.96. The first-order valence-electron chi connectivity index (χ1n) is 4.75. The fourth-order valence-corrected chi connectivity index (χ4v) is 2.11. The van der Waals surface area contributed by atoms with E-state index < -0.39 is 0 Å². The number of phenols is 1. The smallest absolute Gasteiger partial charge is 0.116 e. The lowest BCUT2D eigenvalue weighted by molar-refractivity contribution is 0.475. The first-order valence-corrected chi connectivity index (χ1v) is 4.75. The minimum absolute atomic E-state index is 0.348. The standard InChI is InChI=1S/C13H10O/c14-11-6-5-10-7-9-3-1-2-4-12(9)13(10)8-11/h1-6,8,14H,7H2/i1+1,2+1,3+1,4+1,9+1,12+1. The van der Waals surface area contributed by atoms with Crippen LogP contribution in [0.5, 0.6) is 5.75 Å². The molecule has 0 spiro atoms. The van der Waals surface area contributed by atoms with Gasteiger partial charge in [0.25, 0.3) is 0 Å². The third-order valence-corrected chi connectivity index (χ3v) is 2.78. The van der Waals surface area contributed by atoms with Crippen LogP contribution in [0, 0.1) is 0 Å². The molecule has 0 unspecified atom stereocenters. The molecule has 1 heteroatoms. The van der Waals surface area contributed by atoms with Crippen molar-refractivity contribution >= 4 is 0 Å². The summed E-state index contributed by atoms with van der Waals surface area (Å²) in [6.45, 7) is 0. The molecular weight excluding hydrogens is 178 g/mol. The molecule has 0 bridgehead atoms. The van der Waals surface area contributed by atoms with Gasteiger partial charge in [0.2, 0.25) is 0 Å². The summed E-state index contributed by atoms with van der Waals surface area (Å²) in [5, 5.41) is 9.42. The van der Waals surface area contributed by atoms with Gasteiger partial charge in [-0.1, -0.05) is 30.3 Å². The van der Waals surface area contributed by atoms with Crippen molar-refractivity contribution in [1.29, 1.82) is 0 Å². The molecule has 0 heterocycles. The lowest BCUT2D eigenvalue weighted by Crippen LogP contribution is -1.78. The van der Waals surface area contributed by atoms with Crippen molar-refractivity contribution in [2.75, 3.05) is 0 Å². The quantitative estimate of drug-likeness (QED) is 0.575. The van der Waals surface area contributed by atoms with Gasteiger partial charge in [-0.25, -0.2) is 0 Å². The molecule has 1 aliphatic rings. The highest BCUT2D eigenvalue weighted by molar-refractivity contribution is 5.77. The van der Waals surface area contributed by atoms with Crippen LogP contribution in [-0.4, -0.2) is 5.11 Å². The first-order chi connectivity index (χ1) is 6.84. The highest BCUT2D eigenvalue weighted by atomic mass is 16.3. The van der Waals surface area contributed by atoms with E-state index in [9.17, 15) is 5.11 Å². The van der Waals surface area contributed by atoms with E-state index >= 15 is 0 Å². The van der Waals surface area contributed by atoms with Gasteiger partial charge < -0.3 is 5.11 Å². The Hall–Kier alpha value is -1.76. The molecule has 0 atom stereocenters. The van der Waals surface area contributed by atoms with E-state index in [0.29, 0.717) is 5.75 Å². The normalized spacial score (nSPS) is 12.3. The van der Waals surface area contributed by atoms with Crippen molar-refractivity contribution < 1.29 is 5.11 Å². The molecule has 0 saturated heterocycles. The van der Waals surface area contributed by atoms with Gasteiger partial charge in [-0.2, -0.15) is 0 Å². The van der Waals surface area contributed by atoms with Crippen molar-refractivity contribution in [3.8, 4) is 16.9 Å². The maximum absolute atomic E-state index is 9.42. The van der Waals surface area contributed by atoms with Crippen molar-refractivity contribution in [2.45, 2.75) is 6.42 Å². The number of aromatic hydroxyl groups is 1. The number of phenolic OH excluding ortho intramolecular Hbond substituents is 1. The number of benzene rings is 2. The third kappa shape index (κ3) is 0.956. The monoisotopic (exact) mass is 188 g/mol. The van der Waals surface area contributed by atoms with Gasteiger partial charge in [0.1, 0.15) is 5.75 Å². The van der Waals surface area contributed by atoms with Crippen molar-refractivity contribution in [1.82, 2.24) is 0 Å². The van der Waals surface area contributed by atoms with Gasteiger partial charge in [-0.05, 0) is 40.8 Å². The summed E-state index contributed by atoms with van der Waals surface area (Å²) in [6.07, 6.45) is 0.992. The van der Waals surface area contributed by atoms with Crippen LogP contribution in [0.15, 0.2) is 42.5 Å². The van der Waals surface area contributed by atoms with Crippen LogP contribution >= 0.6 is 0 Å². The molecule has 1 N–H and O–H groups in total. The summed E-state index contributed by atoms with van der Waals surface area (Å²) in [5.41, 5.74) is 5.11. The van der Waals surface area contributed by atoms with Crippen LogP contribution in [0.2, 0.25) is 0 Å². The first kappa shape index (κ1) is 7.63. The molecule has 1 aliphatic carbocycles. The number of rotatable bonds is 0. The fourth-order valence-electron chi connectivity index (χ4n) is 2.11. The molecule has 2 aromatic rings. The molecule has 3 rings (SSSR count). The Bertz CT molecular complexity index is 500. The van der Waals surface area contributed by atoms with Crippen LogP contribution in [0.1, 0.15) is 11.1 Å². The Morgan fingerprint density at radius 1 is 0.857 bits per heavy atom. The third-order valence-electron chi connectivity index (χ3n) is 2.78. The zero-order chi connectivity index (χ0) is 9.54. The molecule has 14 heavy (non-hydrogen) atoms. The van der Waals surface area contributed by atoms with E-state index in [0.717, 1.165) is 6.42 Å². The summed E-state index contributed by atoms with van der Waals surface area (Å²) in [7, 11) is 0. The molecule has 68 valence electrons. The van der Waals surface area contributed by atoms with Crippen LogP contribution in [-0.2, 0) is 6.42 Å². The van der Waals surface area contributed by atoms with Gasteiger partial charge in [0.05, 0.1) is 0 Å². The summed E-state index contributed by atoms with van der Waals surface area (Å²) in [6, 6.07) is 14.0. The largest absolute Gasteiger partial charge is 0.508 e. The number of fused-ring (bicyclic) bond motifs is 3. The molecule has 0 aliphatic heterocycles. The molecule has 0 radical (unpaired) electrons. The maximum atomic E-state index is 9.42. The van der Waals surface area contributed by atoms with E-state index in [1.54, 1.807) is 6.07 Å². The molecular formula is C13H10O. The van der Waals surface area contributed by atoms with E-state index in [4.69, 9.17) is 0 Å². The Balaban J connectivity index is 2.30. The minimum Gasteiger partial charge on any atom is -0.508 e. The van der Waals surface area contributed by atoms with Crippen LogP contribution in [0.4, 0.5) is 0 Å². The fraction of sp³-hybridized carbons (Fsp3) is 0.0769. The number of hydrogen-bond acceptors (Lipinski definition) is 1. The lowest BCUT2D eigenvalue weighted by atomic mass is 10.1. The zero-order valence-corrected chi connectivity index (χ0v) is 7.70. The molecule has 0 aromatic heterocycles. The van der Waals surface area contributed by atoms with Gasteiger partial charge in [0, 0.05) is 0 Å². The van der Waals surface area contributed by atoms with Crippen molar-refractivity contribution in [2.24, 2.45) is 0 Å². The van der Waals surface area contributed by atoms with Crippen molar-refractivity contribution in [3.05, 3.63) is 53.6 Å². The lowest BCUT2D eigenvalue weighted by Gasteiger charge is -2.00. The van der Waals surface area contributed by atoms with Crippen LogP contribution in [0.25, 0.3) is 11.1 Å². The number of hydrogen-bond donors (Lipinski definition) is 1. The topological polar surface area (TPSA) is 20.2 Å². The van der Waals surface area contributed by atoms with Crippen molar-refractivity contribution in [3.63, 3.8) is 0 Å². The highest BCUT2D eigenvalue weighted by Gasteiger charge is 2.17. The van der Waals surface area contributed by atoms with E-state index in [1.807, 2.05) is 18.2 Å². The zero-order valence-electron chi connectivity index (χ0n) is 7.70. The van der Waals surface area contributed by atoms with E-state index in [1.165, 1.54) is 22.3 Å². The predicted molar refractivity (Wildman–Crippen MR) is 56.3 cm³/mol. The maximum Gasteiger partial charge on any atom is 0.116 e. The SMILES string of the molecule is Oc1ccc2c(c1)-[13c]1[13cH][13cH][13cH][13cH][13c]1C2. The van der Waals surface area contributed by atoms with Crippen LogP contribution < -0.4 is 0 Å². The highest BCUT2D eigenvalue weighted by Crippen LogP contribution is 2.37. The second-order valence-electron chi connectivity index (χ2n) is 3.68. The van der Waals surface area contributed by atoms with Crippen LogP contribution in [0.3, 0.4) is 0 Å². The Morgan fingerprint density at radius 3 is 2.57 bits per heavy atom. The van der Waals surface area contributed by atoms with Gasteiger partial charge in [0.15, 0.2) is 0 Å². The van der Waals surface area contributed by atoms with Gasteiger partial charge in [-0.3, -0.25) is 0 Å². The van der Waals surface area contributed by atoms with Gasteiger partial charge >= 0.3 is 0 Å². The summed E-state index contributed by atoms with van der Waals surface area (Å²) < 4.78 is 0. The Morgan fingerprint density at radius 2 is 1.64 bits per heavy atom. The van der Waals surface area contributed by atoms with E-state index in [2.05, 4.69) is 18.2 Å². The second-order valence-corrected chi connectivity index (χ2v) is 3.68. The summed E-state index contributed by atoms with van der Waals surface area (Å²) >= 11 is 0. The minimum atomic E-state index is 0.348. The Labute approximate surface area is 82.6 Å². The molecule has 0 amide bonds.